The van der Waals surface area contributed by atoms with Crippen LogP contribution in [0.5, 0.6) is 0 Å². The van der Waals surface area contributed by atoms with Gasteiger partial charge in [0.1, 0.15) is 0 Å². The van der Waals surface area contributed by atoms with Crippen LogP contribution in [0.25, 0.3) is 115 Å². The van der Waals surface area contributed by atoms with Crippen molar-refractivity contribution in [2.45, 2.75) is 78.6 Å². The zero-order valence-electron chi connectivity index (χ0n) is 56.1. The number of hydrogen-bond acceptors (Lipinski definition) is 2. The molecular formula is C92H74BN3. The van der Waals surface area contributed by atoms with Crippen molar-refractivity contribution < 1.29 is 0 Å². The van der Waals surface area contributed by atoms with Crippen molar-refractivity contribution in [3.8, 4) is 61.3 Å². The molecule has 0 spiro atoms. The maximum atomic E-state index is 2.72. The van der Waals surface area contributed by atoms with Gasteiger partial charge >= 0.3 is 0 Å². The van der Waals surface area contributed by atoms with Crippen LogP contribution in [0.3, 0.4) is 0 Å². The number of hydrogen-bond donors (Lipinski definition) is 0. The maximum absolute atomic E-state index is 2.72. The number of fused-ring (bicyclic) bond motifs is 5. The number of para-hydroxylation sites is 2. The predicted molar refractivity (Wildman–Crippen MR) is 413 cm³/mol. The van der Waals surface area contributed by atoms with E-state index >= 15 is 0 Å². The van der Waals surface area contributed by atoms with Gasteiger partial charge in [0.25, 0.3) is 6.71 Å². The Balaban J connectivity index is 0.995. The van der Waals surface area contributed by atoms with Crippen LogP contribution in [0, 0.1) is 0 Å². The minimum absolute atomic E-state index is 0.0148. The molecule has 460 valence electrons. The molecule has 15 aromatic carbocycles. The molecule has 96 heavy (non-hydrogen) atoms. The summed E-state index contributed by atoms with van der Waals surface area (Å²) < 4.78 is 2.58. The van der Waals surface area contributed by atoms with Gasteiger partial charge in [-0.2, -0.15) is 0 Å². The van der Waals surface area contributed by atoms with Crippen LogP contribution in [0.4, 0.5) is 34.1 Å². The van der Waals surface area contributed by atoms with Crippen molar-refractivity contribution >= 4 is 111 Å². The summed E-state index contributed by atoms with van der Waals surface area (Å²) >= 11 is 0. The van der Waals surface area contributed by atoms with Gasteiger partial charge in [-0.15, -0.1) is 0 Å². The zero-order valence-corrected chi connectivity index (χ0v) is 56.1. The lowest BCUT2D eigenvalue weighted by molar-refractivity contribution is 0.590. The number of rotatable bonds is 8. The Morgan fingerprint density at radius 3 is 1.15 bits per heavy atom. The van der Waals surface area contributed by atoms with Crippen LogP contribution in [-0.2, 0) is 16.2 Å². The summed E-state index contributed by atoms with van der Waals surface area (Å²) in [6.07, 6.45) is 0. The van der Waals surface area contributed by atoms with Crippen LogP contribution in [0.2, 0.25) is 0 Å². The molecule has 0 saturated heterocycles. The fourth-order valence-electron chi connectivity index (χ4n) is 16.4. The molecule has 2 aliphatic rings. The first kappa shape index (κ1) is 57.7. The molecule has 3 heterocycles. The Morgan fingerprint density at radius 2 is 0.688 bits per heavy atom. The largest absolute Gasteiger partial charge is 0.310 e. The Hall–Kier alpha value is -10.9. The van der Waals surface area contributed by atoms with Gasteiger partial charge in [-0.3, -0.25) is 0 Å². The number of aromatic nitrogens is 1. The topological polar surface area (TPSA) is 11.4 Å². The zero-order chi connectivity index (χ0) is 65.1. The third kappa shape index (κ3) is 8.87. The van der Waals surface area contributed by atoms with E-state index in [0.29, 0.717) is 0 Å². The summed E-state index contributed by atoms with van der Waals surface area (Å²) in [6.45, 7) is 20.8. The van der Waals surface area contributed by atoms with Gasteiger partial charge in [-0.1, -0.05) is 305 Å². The summed E-state index contributed by atoms with van der Waals surface area (Å²) in [5.74, 6) is 0. The van der Waals surface area contributed by atoms with Crippen molar-refractivity contribution in [1.29, 1.82) is 0 Å². The third-order valence-electron chi connectivity index (χ3n) is 21.2. The number of benzene rings is 15. The summed E-state index contributed by atoms with van der Waals surface area (Å²) in [4.78, 5) is 5.42. The SMILES string of the molecule is CC(C)(C)c1ccc(-c2cccc(-c3ccc(C(C)(C)C)cc3)c2N2c3ccc(-c4ccccc4)cc3B3c4ccc(-n5c6ccc7cccc8c9cccc%10ccc5c(c%109)c6c78)cc4N(c4c(-c5ccccc5)cccc4-c4ccccc4)c4cc(C(C)(C)C)cc2c43)cc1. The normalized spacial score (nSPS) is 13.2. The molecule has 0 saturated carbocycles. The van der Waals surface area contributed by atoms with E-state index in [4.69, 9.17) is 0 Å². The quantitative estimate of drug-likeness (QED) is 0.0853. The second-order valence-corrected chi connectivity index (χ2v) is 30.0. The molecule has 0 amide bonds. The van der Waals surface area contributed by atoms with Gasteiger partial charge in [0.05, 0.1) is 22.4 Å². The molecule has 0 unspecified atom stereocenters. The monoisotopic (exact) mass is 1230 g/mol. The van der Waals surface area contributed by atoms with E-state index in [9.17, 15) is 0 Å². The lowest BCUT2D eigenvalue weighted by atomic mass is 9.33. The average Bonchev–Trinajstić information content (AvgIpc) is 1.03. The second kappa shape index (κ2) is 21.3. The van der Waals surface area contributed by atoms with Crippen LogP contribution in [0.15, 0.2) is 285 Å². The summed E-state index contributed by atoms with van der Waals surface area (Å²) in [5, 5.41) is 10.4. The van der Waals surface area contributed by atoms with Gasteiger partial charge in [0, 0.05) is 61.5 Å². The fraction of sp³-hybridized carbons (Fsp3) is 0.130. The molecule has 0 aliphatic carbocycles. The van der Waals surface area contributed by atoms with Crippen molar-refractivity contribution in [2.24, 2.45) is 0 Å². The minimum Gasteiger partial charge on any atom is -0.310 e. The molecule has 4 heteroatoms. The Bertz CT molecular complexity index is 5510. The van der Waals surface area contributed by atoms with E-state index in [0.717, 1.165) is 45.0 Å². The average molecular weight is 1230 g/mol. The van der Waals surface area contributed by atoms with E-state index in [-0.39, 0.29) is 23.0 Å². The van der Waals surface area contributed by atoms with Gasteiger partial charge in [-0.25, -0.2) is 0 Å². The molecule has 0 radical (unpaired) electrons. The number of nitrogens with zero attached hydrogens (tertiary/aromatic N) is 3. The summed E-state index contributed by atoms with van der Waals surface area (Å²) in [7, 11) is 0. The predicted octanol–water partition coefficient (Wildman–Crippen LogP) is 23.4. The molecule has 0 fully saturated rings. The number of anilines is 6. The standard InChI is InChI=1S/C92H74BN3/c1-90(2,3)65-44-37-60(38-45-65)71-33-22-34-72(61-39-46-66(47-40-61)91(4,5)6)88(71)95-77-50-43-64(57-23-13-10-14-24-57)53-76(77)93-75-49-48-68(94-78-51-41-62-29-19-35-73-74-36-20-30-63-42-52-79(94)86(84(63)74)85(78)83(62)73)56-80(75)96(82-55-67(92(7,8)9)54-81(95)87(82)93)89-69(58-25-15-11-16-26-58)31-21-32-70(89)59-27-17-12-18-28-59/h10-56H,1-9H3. The molecule has 0 N–H and O–H groups in total. The van der Waals surface area contributed by atoms with Crippen molar-refractivity contribution in [3.63, 3.8) is 0 Å². The van der Waals surface area contributed by atoms with Crippen LogP contribution in [0.1, 0.15) is 79.0 Å². The molecule has 16 aromatic rings. The van der Waals surface area contributed by atoms with E-state index < -0.39 is 0 Å². The third-order valence-corrected chi connectivity index (χ3v) is 21.2. The van der Waals surface area contributed by atoms with E-state index in [1.165, 1.54) is 138 Å². The first-order valence-electron chi connectivity index (χ1n) is 34.2. The van der Waals surface area contributed by atoms with Crippen LogP contribution >= 0.6 is 0 Å². The highest BCUT2D eigenvalue weighted by atomic mass is 15.2. The highest BCUT2D eigenvalue weighted by Gasteiger charge is 2.46. The van der Waals surface area contributed by atoms with E-state index in [2.05, 4.69) is 362 Å². The molecular weight excluding hydrogens is 1160 g/mol. The van der Waals surface area contributed by atoms with Gasteiger partial charge in [-0.05, 0) is 157 Å². The smallest absolute Gasteiger partial charge is 0.252 e. The highest BCUT2D eigenvalue weighted by Crippen LogP contribution is 2.55. The van der Waals surface area contributed by atoms with Crippen LogP contribution in [-0.4, -0.2) is 11.3 Å². The van der Waals surface area contributed by atoms with E-state index in [1.54, 1.807) is 0 Å². The molecule has 1 aromatic heterocycles. The summed E-state index contributed by atoms with van der Waals surface area (Å²) in [5.41, 5.74) is 29.5. The molecule has 18 rings (SSSR count). The molecule has 2 aliphatic heterocycles. The Kier molecular flexibility index (Phi) is 12.8. The van der Waals surface area contributed by atoms with Crippen LogP contribution < -0.4 is 26.2 Å². The molecule has 0 bridgehead atoms. The molecule has 3 nitrogen and oxygen atoms in total. The first-order valence-corrected chi connectivity index (χ1v) is 34.2. The van der Waals surface area contributed by atoms with Gasteiger partial charge < -0.3 is 14.4 Å². The van der Waals surface area contributed by atoms with Crippen molar-refractivity contribution in [2.75, 3.05) is 9.80 Å². The first-order chi connectivity index (χ1) is 46.5. The Labute approximate surface area is 563 Å². The highest BCUT2D eigenvalue weighted by molar-refractivity contribution is 7.00. The van der Waals surface area contributed by atoms with Gasteiger partial charge in [0.15, 0.2) is 0 Å². The lowest BCUT2D eigenvalue weighted by Gasteiger charge is -2.46. The Morgan fingerprint density at radius 1 is 0.271 bits per heavy atom. The maximum Gasteiger partial charge on any atom is 0.252 e. The summed E-state index contributed by atoms with van der Waals surface area (Å²) in [6, 6.07) is 109. The lowest BCUT2D eigenvalue weighted by Crippen LogP contribution is -2.61. The fourth-order valence-corrected chi connectivity index (χ4v) is 16.4. The van der Waals surface area contributed by atoms with Gasteiger partial charge in [0.2, 0.25) is 0 Å². The molecule has 0 atom stereocenters. The minimum atomic E-state index is -0.286. The van der Waals surface area contributed by atoms with Crippen molar-refractivity contribution in [1.82, 2.24) is 4.57 Å². The van der Waals surface area contributed by atoms with E-state index in [1.807, 2.05) is 0 Å². The van der Waals surface area contributed by atoms with Crippen molar-refractivity contribution in [3.05, 3.63) is 302 Å². The second-order valence-electron chi connectivity index (χ2n) is 30.0.